The van der Waals surface area contributed by atoms with Crippen molar-refractivity contribution in [2.75, 3.05) is 5.32 Å². The number of aromatic nitrogens is 2. The van der Waals surface area contributed by atoms with Gasteiger partial charge in [0.05, 0.1) is 0 Å². The number of H-pyrrole nitrogens is 1. The van der Waals surface area contributed by atoms with Gasteiger partial charge in [0.1, 0.15) is 0 Å². The van der Waals surface area contributed by atoms with Crippen LogP contribution in [0.25, 0.3) is 6.08 Å². The number of amides is 1. The SMILES string of the molecule is CC(C)c1cc(NC(=O)/C=C/c2ccc(Cl)cc2Cl)n[nH]1. The summed E-state index contributed by atoms with van der Waals surface area (Å²) < 4.78 is 0. The zero-order chi connectivity index (χ0) is 15.4. The molecule has 0 spiro atoms. The van der Waals surface area contributed by atoms with Crippen LogP contribution < -0.4 is 5.32 Å². The first-order chi connectivity index (χ1) is 9.95. The molecule has 0 fully saturated rings. The Morgan fingerprint density at radius 3 is 2.71 bits per heavy atom. The molecule has 0 saturated carbocycles. The highest BCUT2D eigenvalue weighted by Crippen LogP contribution is 2.22. The molecule has 2 aromatic rings. The summed E-state index contributed by atoms with van der Waals surface area (Å²) in [4.78, 5) is 11.8. The van der Waals surface area contributed by atoms with Gasteiger partial charge in [-0.05, 0) is 29.7 Å². The van der Waals surface area contributed by atoms with Crippen molar-refractivity contribution in [3.63, 3.8) is 0 Å². The molecule has 110 valence electrons. The van der Waals surface area contributed by atoms with Crippen LogP contribution in [0.15, 0.2) is 30.3 Å². The van der Waals surface area contributed by atoms with E-state index in [1.165, 1.54) is 6.08 Å². The zero-order valence-electron chi connectivity index (χ0n) is 11.7. The zero-order valence-corrected chi connectivity index (χ0v) is 13.2. The third-order valence-electron chi connectivity index (χ3n) is 2.85. The predicted molar refractivity (Wildman–Crippen MR) is 86.8 cm³/mol. The van der Waals surface area contributed by atoms with Gasteiger partial charge in [0, 0.05) is 27.9 Å². The molecule has 4 nitrogen and oxygen atoms in total. The van der Waals surface area contributed by atoms with Crippen molar-refractivity contribution in [3.8, 4) is 0 Å². The third-order valence-corrected chi connectivity index (χ3v) is 3.41. The van der Waals surface area contributed by atoms with Crippen LogP contribution >= 0.6 is 23.2 Å². The molecule has 0 radical (unpaired) electrons. The molecule has 1 aromatic heterocycles. The number of aromatic amines is 1. The van der Waals surface area contributed by atoms with Gasteiger partial charge in [-0.3, -0.25) is 9.89 Å². The van der Waals surface area contributed by atoms with Gasteiger partial charge in [0.2, 0.25) is 5.91 Å². The highest BCUT2D eigenvalue weighted by atomic mass is 35.5. The van der Waals surface area contributed by atoms with E-state index in [2.05, 4.69) is 15.5 Å². The predicted octanol–water partition coefficient (Wildman–Crippen LogP) is 4.49. The van der Waals surface area contributed by atoms with Crippen LogP contribution in [-0.4, -0.2) is 16.1 Å². The third kappa shape index (κ3) is 4.34. The molecule has 6 heteroatoms. The topological polar surface area (TPSA) is 57.8 Å². The number of nitrogens with one attached hydrogen (secondary N) is 2. The molecule has 1 heterocycles. The Bertz CT molecular complexity index is 677. The highest BCUT2D eigenvalue weighted by Gasteiger charge is 2.06. The minimum absolute atomic E-state index is 0.275. The van der Waals surface area contributed by atoms with Gasteiger partial charge < -0.3 is 5.32 Å². The van der Waals surface area contributed by atoms with Crippen LogP contribution in [0.4, 0.5) is 5.82 Å². The molecular weight excluding hydrogens is 309 g/mol. The van der Waals surface area contributed by atoms with Gasteiger partial charge >= 0.3 is 0 Å². The summed E-state index contributed by atoms with van der Waals surface area (Å²) in [5.74, 6) is 0.546. The Hall–Kier alpha value is -1.78. The molecule has 0 aliphatic heterocycles. The summed E-state index contributed by atoms with van der Waals surface area (Å²) >= 11 is 11.8. The Labute approximate surface area is 133 Å². The molecule has 0 bridgehead atoms. The summed E-state index contributed by atoms with van der Waals surface area (Å²) in [7, 11) is 0. The number of carbonyl (C=O) groups is 1. The second-order valence-corrected chi connectivity index (χ2v) is 5.70. The summed E-state index contributed by atoms with van der Waals surface area (Å²) in [5.41, 5.74) is 1.69. The monoisotopic (exact) mass is 323 g/mol. The number of anilines is 1. The lowest BCUT2D eigenvalue weighted by molar-refractivity contribution is -0.111. The maximum absolute atomic E-state index is 11.8. The van der Waals surface area contributed by atoms with Crippen LogP contribution in [0, 0.1) is 0 Å². The van der Waals surface area contributed by atoms with E-state index in [1.807, 2.05) is 19.9 Å². The molecule has 0 aliphatic carbocycles. The van der Waals surface area contributed by atoms with Crippen molar-refractivity contribution >= 4 is 41.0 Å². The normalized spacial score (nSPS) is 11.3. The number of nitrogens with zero attached hydrogens (tertiary/aromatic N) is 1. The lowest BCUT2D eigenvalue weighted by Gasteiger charge is -1.99. The molecule has 21 heavy (non-hydrogen) atoms. The van der Waals surface area contributed by atoms with E-state index in [-0.39, 0.29) is 5.91 Å². The van der Waals surface area contributed by atoms with Crippen LogP contribution in [0.2, 0.25) is 10.0 Å². The molecule has 1 aromatic carbocycles. The van der Waals surface area contributed by atoms with Gasteiger partial charge in [-0.2, -0.15) is 5.10 Å². The van der Waals surface area contributed by atoms with Gasteiger partial charge in [0.15, 0.2) is 5.82 Å². The van der Waals surface area contributed by atoms with E-state index >= 15 is 0 Å². The largest absolute Gasteiger partial charge is 0.306 e. The number of carbonyl (C=O) groups excluding carboxylic acids is 1. The molecular formula is C15H15Cl2N3O. The van der Waals surface area contributed by atoms with Crippen LogP contribution in [-0.2, 0) is 4.79 Å². The first-order valence-corrected chi connectivity index (χ1v) is 7.20. The molecule has 1 amide bonds. The first kappa shape index (κ1) is 15.6. The van der Waals surface area contributed by atoms with Crippen molar-refractivity contribution in [2.45, 2.75) is 19.8 Å². The smallest absolute Gasteiger partial charge is 0.249 e. The first-order valence-electron chi connectivity index (χ1n) is 6.45. The summed E-state index contributed by atoms with van der Waals surface area (Å²) in [6, 6.07) is 6.91. The van der Waals surface area contributed by atoms with Gasteiger partial charge in [-0.1, -0.05) is 43.1 Å². The van der Waals surface area contributed by atoms with E-state index in [4.69, 9.17) is 23.2 Å². The molecule has 0 saturated heterocycles. The van der Waals surface area contributed by atoms with Crippen LogP contribution in [0.1, 0.15) is 31.0 Å². The quantitative estimate of drug-likeness (QED) is 0.814. The standard InChI is InChI=1S/C15H15Cl2N3O/c1-9(2)13-8-14(20-19-13)18-15(21)6-4-10-3-5-11(16)7-12(10)17/h3-9H,1-2H3,(H2,18,19,20,21)/b6-4+. The van der Waals surface area contributed by atoms with Gasteiger partial charge in [0.25, 0.3) is 0 Å². The van der Waals surface area contributed by atoms with E-state index in [0.717, 1.165) is 11.3 Å². The number of halogens is 2. The Balaban J connectivity index is 2.02. The average molecular weight is 324 g/mol. The maximum atomic E-state index is 11.8. The Kier molecular flexibility index (Phi) is 5.04. The number of hydrogen-bond acceptors (Lipinski definition) is 2. The minimum Gasteiger partial charge on any atom is -0.306 e. The molecule has 2 rings (SSSR count). The lowest BCUT2D eigenvalue weighted by Crippen LogP contribution is -2.07. The van der Waals surface area contributed by atoms with Crippen LogP contribution in [0.3, 0.4) is 0 Å². The Morgan fingerprint density at radius 1 is 1.33 bits per heavy atom. The maximum Gasteiger partial charge on any atom is 0.249 e. The van der Waals surface area contributed by atoms with Crippen molar-refractivity contribution < 1.29 is 4.79 Å². The number of benzene rings is 1. The van der Waals surface area contributed by atoms with Crippen molar-refractivity contribution in [2.24, 2.45) is 0 Å². The fourth-order valence-corrected chi connectivity index (χ4v) is 2.14. The second kappa shape index (κ2) is 6.78. The van der Waals surface area contributed by atoms with E-state index in [1.54, 1.807) is 24.3 Å². The number of rotatable bonds is 4. The lowest BCUT2D eigenvalue weighted by atomic mass is 10.1. The highest BCUT2D eigenvalue weighted by molar-refractivity contribution is 6.35. The molecule has 2 N–H and O–H groups in total. The summed E-state index contributed by atoms with van der Waals surface area (Å²) in [5, 5.41) is 10.6. The Morgan fingerprint density at radius 2 is 2.10 bits per heavy atom. The molecule has 0 aliphatic rings. The fourth-order valence-electron chi connectivity index (χ4n) is 1.67. The van der Waals surface area contributed by atoms with E-state index in [0.29, 0.717) is 21.8 Å². The number of hydrogen-bond donors (Lipinski definition) is 2. The van der Waals surface area contributed by atoms with Gasteiger partial charge in [-0.15, -0.1) is 0 Å². The van der Waals surface area contributed by atoms with Crippen molar-refractivity contribution in [1.29, 1.82) is 0 Å². The molecule has 0 atom stereocenters. The van der Waals surface area contributed by atoms with Crippen LogP contribution in [0.5, 0.6) is 0 Å². The molecule has 0 unspecified atom stereocenters. The van der Waals surface area contributed by atoms with Crippen molar-refractivity contribution in [1.82, 2.24) is 10.2 Å². The summed E-state index contributed by atoms with van der Waals surface area (Å²) in [6.45, 7) is 4.09. The van der Waals surface area contributed by atoms with Crippen molar-refractivity contribution in [3.05, 3.63) is 51.6 Å². The minimum atomic E-state index is -0.275. The van der Waals surface area contributed by atoms with E-state index < -0.39 is 0 Å². The van der Waals surface area contributed by atoms with Gasteiger partial charge in [-0.25, -0.2) is 0 Å². The summed E-state index contributed by atoms with van der Waals surface area (Å²) in [6.07, 6.45) is 3.03. The van der Waals surface area contributed by atoms with E-state index in [9.17, 15) is 4.79 Å². The average Bonchev–Trinajstić information content (AvgIpc) is 2.86. The second-order valence-electron chi connectivity index (χ2n) is 4.85. The fraction of sp³-hybridized carbons (Fsp3) is 0.200.